The molecule has 0 aliphatic heterocycles. The van der Waals surface area contributed by atoms with Gasteiger partial charge < -0.3 is 14.0 Å². The number of ether oxygens (including phenoxy) is 2. The average Bonchev–Trinajstić information content (AvgIpc) is 3.01. The first-order valence-corrected chi connectivity index (χ1v) is 9.67. The normalized spacial score (nSPS) is 10.7. The van der Waals surface area contributed by atoms with Gasteiger partial charge in [0, 0.05) is 5.75 Å². The smallest absolute Gasteiger partial charge is 0.191 e. The summed E-state index contributed by atoms with van der Waals surface area (Å²) in [6.07, 6.45) is 0. The Bertz CT molecular complexity index is 804. The van der Waals surface area contributed by atoms with Crippen LogP contribution in [0.15, 0.2) is 59.8 Å². The average molecular weight is 369 g/mol. The van der Waals surface area contributed by atoms with Gasteiger partial charge in [-0.05, 0) is 43.7 Å². The zero-order valence-electron chi connectivity index (χ0n) is 15.1. The molecule has 0 atom stereocenters. The maximum absolute atomic E-state index is 5.79. The fourth-order valence-electron chi connectivity index (χ4n) is 2.51. The first-order valence-electron chi connectivity index (χ1n) is 8.68. The minimum Gasteiger partial charge on any atom is -0.494 e. The molecule has 0 fully saturated rings. The van der Waals surface area contributed by atoms with E-state index in [1.54, 1.807) is 11.8 Å². The van der Waals surface area contributed by atoms with Crippen molar-refractivity contribution < 1.29 is 9.47 Å². The number of hydrogen-bond acceptors (Lipinski definition) is 5. The number of benzene rings is 2. The number of hydrogen-bond donors (Lipinski definition) is 0. The second-order valence-electron chi connectivity index (χ2n) is 5.70. The quantitative estimate of drug-likeness (QED) is 0.418. The standard InChI is InChI=1S/C20H23N3O2S/c1-3-24-18-9-11-19(12-10-18)25-13-14-26-20-22-21-16(2)23(20)15-17-7-5-4-6-8-17/h4-12H,3,13-15H2,1-2H3. The Balaban J connectivity index is 1.50. The molecule has 0 bridgehead atoms. The van der Waals surface area contributed by atoms with Crippen LogP contribution in [-0.4, -0.2) is 33.7 Å². The van der Waals surface area contributed by atoms with Crippen LogP contribution in [0, 0.1) is 6.92 Å². The second kappa shape index (κ2) is 9.29. The van der Waals surface area contributed by atoms with Crippen molar-refractivity contribution in [3.63, 3.8) is 0 Å². The van der Waals surface area contributed by atoms with E-state index < -0.39 is 0 Å². The molecule has 26 heavy (non-hydrogen) atoms. The van der Waals surface area contributed by atoms with E-state index in [9.17, 15) is 0 Å². The fraction of sp³-hybridized carbons (Fsp3) is 0.300. The van der Waals surface area contributed by atoms with Crippen molar-refractivity contribution >= 4 is 11.8 Å². The second-order valence-corrected chi connectivity index (χ2v) is 6.76. The van der Waals surface area contributed by atoms with Crippen LogP contribution in [0.1, 0.15) is 18.3 Å². The monoisotopic (exact) mass is 369 g/mol. The number of nitrogens with zero attached hydrogens (tertiary/aromatic N) is 3. The van der Waals surface area contributed by atoms with Crippen molar-refractivity contribution in [3.8, 4) is 11.5 Å². The molecular formula is C20H23N3O2S. The van der Waals surface area contributed by atoms with Gasteiger partial charge >= 0.3 is 0 Å². The Labute approximate surface area is 158 Å². The van der Waals surface area contributed by atoms with Crippen molar-refractivity contribution in [1.82, 2.24) is 14.8 Å². The molecule has 3 rings (SSSR count). The van der Waals surface area contributed by atoms with Crippen molar-refractivity contribution in [1.29, 1.82) is 0 Å². The molecule has 5 nitrogen and oxygen atoms in total. The zero-order valence-corrected chi connectivity index (χ0v) is 15.9. The molecule has 0 spiro atoms. The first-order chi connectivity index (χ1) is 12.8. The van der Waals surface area contributed by atoms with Gasteiger partial charge in [0.15, 0.2) is 5.16 Å². The van der Waals surface area contributed by atoms with Crippen LogP contribution in [0.5, 0.6) is 11.5 Å². The Morgan fingerprint density at radius 3 is 2.31 bits per heavy atom. The van der Waals surface area contributed by atoms with Gasteiger partial charge in [0.05, 0.1) is 19.8 Å². The molecule has 0 saturated heterocycles. The van der Waals surface area contributed by atoms with E-state index in [1.165, 1.54) is 5.56 Å². The van der Waals surface area contributed by atoms with Crippen LogP contribution in [0.4, 0.5) is 0 Å². The van der Waals surface area contributed by atoms with Gasteiger partial charge in [-0.15, -0.1) is 10.2 Å². The number of aromatic nitrogens is 3. The Morgan fingerprint density at radius 1 is 0.923 bits per heavy atom. The third-order valence-corrected chi connectivity index (χ3v) is 4.73. The highest BCUT2D eigenvalue weighted by Gasteiger charge is 2.10. The lowest BCUT2D eigenvalue weighted by atomic mass is 10.2. The highest BCUT2D eigenvalue weighted by Crippen LogP contribution is 2.20. The molecule has 0 radical (unpaired) electrons. The van der Waals surface area contributed by atoms with E-state index in [4.69, 9.17) is 9.47 Å². The van der Waals surface area contributed by atoms with Crippen molar-refractivity contribution in [2.75, 3.05) is 19.0 Å². The fourth-order valence-corrected chi connectivity index (χ4v) is 3.31. The highest BCUT2D eigenvalue weighted by molar-refractivity contribution is 7.99. The van der Waals surface area contributed by atoms with E-state index in [0.29, 0.717) is 13.2 Å². The Morgan fingerprint density at radius 2 is 1.62 bits per heavy atom. The lowest BCUT2D eigenvalue weighted by Crippen LogP contribution is -2.06. The van der Waals surface area contributed by atoms with Crippen LogP contribution in [0.2, 0.25) is 0 Å². The van der Waals surface area contributed by atoms with E-state index in [2.05, 4.69) is 26.9 Å². The predicted molar refractivity (Wildman–Crippen MR) is 104 cm³/mol. The minimum absolute atomic E-state index is 0.607. The van der Waals surface area contributed by atoms with Crippen LogP contribution in [0.25, 0.3) is 0 Å². The molecule has 0 saturated carbocycles. The molecule has 1 heterocycles. The van der Waals surface area contributed by atoms with Crippen LogP contribution in [0.3, 0.4) is 0 Å². The highest BCUT2D eigenvalue weighted by atomic mass is 32.2. The lowest BCUT2D eigenvalue weighted by Gasteiger charge is -2.09. The van der Waals surface area contributed by atoms with Gasteiger partial charge in [-0.25, -0.2) is 0 Å². The van der Waals surface area contributed by atoms with Gasteiger partial charge in [-0.2, -0.15) is 0 Å². The Hall–Kier alpha value is -2.47. The van der Waals surface area contributed by atoms with Crippen LogP contribution >= 0.6 is 11.8 Å². The largest absolute Gasteiger partial charge is 0.494 e. The molecule has 6 heteroatoms. The SMILES string of the molecule is CCOc1ccc(OCCSc2nnc(C)n2Cc2ccccc2)cc1. The topological polar surface area (TPSA) is 49.2 Å². The lowest BCUT2D eigenvalue weighted by molar-refractivity contribution is 0.332. The third kappa shape index (κ3) is 5.02. The summed E-state index contributed by atoms with van der Waals surface area (Å²) in [5.74, 6) is 3.43. The van der Waals surface area contributed by atoms with E-state index in [1.807, 2.05) is 56.3 Å². The van der Waals surface area contributed by atoms with Gasteiger partial charge in [-0.3, -0.25) is 0 Å². The molecular weight excluding hydrogens is 346 g/mol. The summed E-state index contributed by atoms with van der Waals surface area (Å²) in [7, 11) is 0. The maximum atomic E-state index is 5.79. The van der Waals surface area contributed by atoms with Crippen LogP contribution in [-0.2, 0) is 6.54 Å². The van der Waals surface area contributed by atoms with Crippen molar-refractivity contribution in [3.05, 3.63) is 66.0 Å². The number of rotatable bonds is 9. The molecule has 0 aliphatic rings. The molecule has 0 N–H and O–H groups in total. The third-order valence-electron chi connectivity index (χ3n) is 3.80. The molecule has 136 valence electrons. The minimum atomic E-state index is 0.607. The van der Waals surface area contributed by atoms with E-state index in [-0.39, 0.29) is 0 Å². The summed E-state index contributed by atoms with van der Waals surface area (Å²) in [5, 5.41) is 9.42. The van der Waals surface area contributed by atoms with Gasteiger partial charge in [0.2, 0.25) is 0 Å². The van der Waals surface area contributed by atoms with Crippen molar-refractivity contribution in [2.45, 2.75) is 25.5 Å². The summed E-state index contributed by atoms with van der Waals surface area (Å²) < 4.78 is 13.4. The zero-order chi connectivity index (χ0) is 18.2. The summed E-state index contributed by atoms with van der Waals surface area (Å²) >= 11 is 1.66. The molecule has 1 aromatic heterocycles. The number of aryl methyl sites for hydroxylation is 1. The van der Waals surface area contributed by atoms with E-state index in [0.717, 1.165) is 34.8 Å². The predicted octanol–water partition coefficient (Wildman–Crippen LogP) is 4.20. The number of thioether (sulfide) groups is 1. The summed E-state index contributed by atoms with van der Waals surface area (Å²) in [5.41, 5.74) is 1.24. The van der Waals surface area contributed by atoms with Crippen LogP contribution < -0.4 is 9.47 Å². The van der Waals surface area contributed by atoms with Gasteiger partial charge in [-0.1, -0.05) is 42.1 Å². The molecule has 0 aliphatic carbocycles. The maximum Gasteiger partial charge on any atom is 0.191 e. The Kier molecular flexibility index (Phi) is 6.55. The summed E-state index contributed by atoms with van der Waals surface area (Å²) in [6, 6.07) is 18.0. The molecule has 2 aromatic carbocycles. The van der Waals surface area contributed by atoms with Gasteiger partial charge in [0.25, 0.3) is 0 Å². The summed E-state index contributed by atoms with van der Waals surface area (Å²) in [4.78, 5) is 0. The van der Waals surface area contributed by atoms with Crippen molar-refractivity contribution in [2.24, 2.45) is 0 Å². The molecule has 3 aromatic rings. The van der Waals surface area contributed by atoms with E-state index >= 15 is 0 Å². The summed E-state index contributed by atoms with van der Waals surface area (Å²) in [6.45, 7) is 6.01. The molecule has 0 amide bonds. The van der Waals surface area contributed by atoms with Gasteiger partial charge in [0.1, 0.15) is 17.3 Å². The molecule has 0 unspecified atom stereocenters. The first kappa shape index (κ1) is 18.3.